The monoisotopic (exact) mass is 276 g/mol. The van der Waals surface area contributed by atoms with E-state index in [2.05, 4.69) is 29.0 Å². The molecule has 2 fully saturated rings. The number of rotatable bonds is 5. The molecule has 2 unspecified atom stereocenters. The van der Waals surface area contributed by atoms with Crippen LogP contribution in [0.1, 0.15) is 32.4 Å². The third-order valence-electron chi connectivity index (χ3n) is 3.90. The molecule has 2 bridgehead atoms. The minimum absolute atomic E-state index is 0.387. The molecule has 0 radical (unpaired) electrons. The molecule has 5 heteroatoms. The van der Waals surface area contributed by atoms with Crippen molar-refractivity contribution in [2.24, 2.45) is 5.92 Å². The van der Waals surface area contributed by atoms with Crippen molar-refractivity contribution < 1.29 is 4.74 Å². The molecule has 0 aliphatic carbocycles. The zero-order valence-electron chi connectivity index (χ0n) is 12.4. The van der Waals surface area contributed by atoms with Crippen molar-refractivity contribution in [3.63, 3.8) is 0 Å². The molecule has 2 aliphatic heterocycles. The molecule has 0 spiro atoms. The van der Waals surface area contributed by atoms with Crippen LogP contribution in [0.3, 0.4) is 0 Å². The lowest BCUT2D eigenvalue weighted by Crippen LogP contribution is -2.43. The van der Waals surface area contributed by atoms with Crippen molar-refractivity contribution >= 4 is 5.82 Å². The highest BCUT2D eigenvalue weighted by atomic mass is 16.5. The second-order valence-electron chi connectivity index (χ2n) is 6.26. The molecule has 1 N–H and O–H groups in total. The molecule has 3 rings (SSSR count). The second kappa shape index (κ2) is 6.06. The van der Waals surface area contributed by atoms with Gasteiger partial charge in [-0.3, -0.25) is 4.98 Å². The summed E-state index contributed by atoms with van der Waals surface area (Å²) in [5, 5.41) is 3.42. The van der Waals surface area contributed by atoms with E-state index in [-0.39, 0.29) is 0 Å². The van der Waals surface area contributed by atoms with Gasteiger partial charge in [0.2, 0.25) is 0 Å². The number of hydrogen-bond acceptors (Lipinski definition) is 5. The average Bonchev–Trinajstić information content (AvgIpc) is 2.77. The lowest BCUT2D eigenvalue weighted by atomic mass is 10.2. The molecule has 110 valence electrons. The summed E-state index contributed by atoms with van der Waals surface area (Å²) < 4.78 is 5.87. The van der Waals surface area contributed by atoms with E-state index >= 15 is 0 Å². The van der Waals surface area contributed by atoms with Gasteiger partial charge in [-0.2, -0.15) is 0 Å². The van der Waals surface area contributed by atoms with Crippen LogP contribution in [-0.4, -0.2) is 41.8 Å². The molecule has 0 aromatic carbocycles. The van der Waals surface area contributed by atoms with Gasteiger partial charge in [-0.05, 0) is 25.3 Å². The number of aromatic nitrogens is 2. The third kappa shape index (κ3) is 3.27. The van der Waals surface area contributed by atoms with Gasteiger partial charge >= 0.3 is 0 Å². The van der Waals surface area contributed by atoms with E-state index in [4.69, 9.17) is 9.72 Å². The van der Waals surface area contributed by atoms with Crippen LogP contribution in [0, 0.1) is 5.92 Å². The van der Waals surface area contributed by atoms with Gasteiger partial charge < -0.3 is 15.0 Å². The van der Waals surface area contributed by atoms with E-state index in [0.29, 0.717) is 18.1 Å². The highest BCUT2D eigenvalue weighted by Crippen LogP contribution is 2.28. The van der Waals surface area contributed by atoms with E-state index in [0.717, 1.165) is 37.7 Å². The Morgan fingerprint density at radius 1 is 1.30 bits per heavy atom. The zero-order chi connectivity index (χ0) is 13.9. The molecule has 3 heterocycles. The lowest BCUT2D eigenvalue weighted by molar-refractivity contribution is 0.0302. The zero-order valence-corrected chi connectivity index (χ0v) is 12.4. The Hall–Kier alpha value is -1.20. The maximum absolute atomic E-state index is 5.87. The SMILES string of the molecule is CC(C)CNCc1cncc(N2CC3CCC(C2)O3)n1. The Labute approximate surface area is 120 Å². The molecule has 2 aliphatic rings. The first-order chi connectivity index (χ1) is 9.70. The van der Waals surface area contributed by atoms with Crippen LogP contribution in [0.2, 0.25) is 0 Å². The standard InChI is InChI=1S/C15H24N4O/c1-11(2)5-16-6-12-7-17-8-15(18-12)19-9-13-3-4-14(10-19)20-13/h7-8,11,13-14,16H,3-6,9-10H2,1-2H3. The van der Waals surface area contributed by atoms with Crippen LogP contribution in [0.25, 0.3) is 0 Å². The molecule has 2 saturated heterocycles. The summed E-state index contributed by atoms with van der Waals surface area (Å²) in [5.41, 5.74) is 1.02. The number of morpholine rings is 1. The van der Waals surface area contributed by atoms with E-state index in [1.54, 1.807) is 0 Å². The maximum atomic E-state index is 5.87. The van der Waals surface area contributed by atoms with E-state index in [9.17, 15) is 0 Å². The molecule has 2 atom stereocenters. The molecule has 20 heavy (non-hydrogen) atoms. The molecule has 0 saturated carbocycles. The first kappa shape index (κ1) is 13.8. The Kier molecular flexibility index (Phi) is 4.17. The quantitative estimate of drug-likeness (QED) is 0.885. The summed E-state index contributed by atoms with van der Waals surface area (Å²) in [7, 11) is 0. The normalized spacial score (nSPS) is 25.4. The summed E-state index contributed by atoms with van der Waals surface area (Å²) in [5.74, 6) is 1.65. The summed E-state index contributed by atoms with van der Waals surface area (Å²) in [6.07, 6.45) is 6.87. The van der Waals surface area contributed by atoms with Crippen LogP contribution >= 0.6 is 0 Å². The number of ether oxygens (including phenoxy) is 1. The smallest absolute Gasteiger partial charge is 0.147 e. The molecular weight excluding hydrogens is 252 g/mol. The van der Waals surface area contributed by atoms with Crippen LogP contribution in [0.15, 0.2) is 12.4 Å². The Morgan fingerprint density at radius 2 is 2.05 bits per heavy atom. The van der Waals surface area contributed by atoms with Gasteiger partial charge in [0.15, 0.2) is 0 Å². The number of nitrogens with zero attached hydrogens (tertiary/aromatic N) is 3. The first-order valence-corrected chi connectivity index (χ1v) is 7.63. The molecule has 0 amide bonds. The minimum atomic E-state index is 0.387. The van der Waals surface area contributed by atoms with Crippen molar-refractivity contribution in [1.82, 2.24) is 15.3 Å². The first-order valence-electron chi connectivity index (χ1n) is 7.63. The highest BCUT2D eigenvalue weighted by molar-refractivity contribution is 5.38. The van der Waals surface area contributed by atoms with E-state index < -0.39 is 0 Å². The molecular formula is C15H24N4O. The van der Waals surface area contributed by atoms with E-state index in [1.807, 2.05) is 12.4 Å². The fraction of sp³-hybridized carbons (Fsp3) is 0.733. The Morgan fingerprint density at radius 3 is 2.75 bits per heavy atom. The predicted molar refractivity (Wildman–Crippen MR) is 78.7 cm³/mol. The van der Waals surface area contributed by atoms with Gasteiger partial charge in [-0.25, -0.2) is 4.98 Å². The number of fused-ring (bicyclic) bond motifs is 2. The number of anilines is 1. The summed E-state index contributed by atoms with van der Waals surface area (Å²) in [6.45, 7) is 8.11. The third-order valence-corrected chi connectivity index (χ3v) is 3.90. The van der Waals surface area contributed by atoms with Gasteiger partial charge in [-0.1, -0.05) is 13.8 Å². The topological polar surface area (TPSA) is 50.3 Å². The Bertz CT molecular complexity index is 439. The minimum Gasteiger partial charge on any atom is -0.371 e. The van der Waals surface area contributed by atoms with Gasteiger partial charge in [0.25, 0.3) is 0 Å². The van der Waals surface area contributed by atoms with Gasteiger partial charge in [-0.15, -0.1) is 0 Å². The summed E-state index contributed by atoms with van der Waals surface area (Å²) in [6, 6.07) is 0. The van der Waals surface area contributed by atoms with Crippen molar-refractivity contribution in [3.8, 4) is 0 Å². The maximum Gasteiger partial charge on any atom is 0.147 e. The fourth-order valence-corrected chi connectivity index (χ4v) is 2.92. The summed E-state index contributed by atoms with van der Waals surface area (Å²) >= 11 is 0. The number of hydrogen-bond donors (Lipinski definition) is 1. The van der Waals surface area contributed by atoms with Gasteiger partial charge in [0.1, 0.15) is 5.82 Å². The van der Waals surface area contributed by atoms with Crippen LogP contribution < -0.4 is 10.2 Å². The van der Waals surface area contributed by atoms with Crippen molar-refractivity contribution in [2.45, 2.75) is 45.4 Å². The fourth-order valence-electron chi connectivity index (χ4n) is 2.92. The predicted octanol–water partition coefficient (Wildman–Crippen LogP) is 1.59. The number of nitrogens with one attached hydrogen (secondary N) is 1. The largest absolute Gasteiger partial charge is 0.371 e. The van der Waals surface area contributed by atoms with Crippen molar-refractivity contribution in [1.29, 1.82) is 0 Å². The molecule has 5 nitrogen and oxygen atoms in total. The van der Waals surface area contributed by atoms with Crippen LogP contribution in [0.5, 0.6) is 0 Å². The van der Waals surface area contributed by atoms with Crippen LogP contribution in [-0.2, 0) is 11.3 Å². The van der Waals surface area contributed by atoms with E-state index in [1.165, 1.54) is 12.8 Å². The van der Waals surface area contributed by atoms with Crippen molar-refractivity contribution in [3.05, 3.63) is 18.1 Å². The average molecular weight is 276 g/mol. The summed E-state index contributed by atoms with van der Waals surface area (Å²) in [4.78, 5) is 11.4. The van der Waals surface area contributed by atoms with Gasteiger partial charge in [0, 0.05) is 25.8 Å². The second-order valence-corrected chi connectivity index (χ2v) is 6.26. The van der Waals surface area contributed by atoms with Crippen LogP contribution in [0.4, 0.5) is 5.82 Å². The highest BCUT2D eigenvalue weighted by Gasteiger charge is 2.34. The molecule has 1 aromatic heterocycles. The van der Waals surface area contributed by atoms with Crippen molar-refractivity contribution in [2.75, 3.05) is 24.5 Å². The lowest BCUT2D eigenvalue weighted by Gasteiger charge is -2.32. The Balaban J connectivity index is 1.62. The molecule has 1 aromatic rings. The van der Waals surface area contributed by atoms with Gasteiger partial charge in [0.05, 0.1) is 24.1 Å².